The summed E-state index contributed by atoms with van der Waals surface area (Å²) in [6.07, 6.45) is -10.2. The summed E-state index contributed by atoms with van der Waals surface area (Å²) >= 11 is 0. The molecule has 0 bridgehead atoms. The van der Waals surface area contributed by atoms with Gasteiger partial charge in [-0.25, -0.2) is 8.42 Å². The lowest BCUT2D eigenvalue weighted by Crippen LogP contribution is -2.51. The Morgan fingerprint density at radius 1 is 1.17 bits per heavy atom. The van der Waals surface area contributed by atoms with E-state index in [2.05, 4.69) is 4.18 Å². The zero-order valence-electron chi connectivity index (χ0n) is 12.4. The average Bonchev–Trinajstić information content (AvgIpc) is 2.76. The average molecular weight is 394 g/mol. The van der Waals surface area contributed by atoms with Crippen molar-refractivity contribution in [2.24, 2.45) is 0 Å². The molecule has 144 valence electrons. The van der Waals surface area contributed by atoms with Gasteiger partial charge in [0.15, 0.2) is 5.25 Å². The van der Waals surface area contributed by atoms with Gasteiger partial charge in [0.05, 0.1) is 13.2 Å². The van der Waals surface area contributed by atoms with Crippen LogP contribution < -0.4 is 0 Å². The van der Waals surface area contributed by atoms with Crippen LogP contribution in [-0.2, 0) is 25.5 Å². The molecule has 7 N–H and O–H groups in total. The van der Waals surface area contributed by atoms with Crippen molar-refractivity contribution < 1.29 is 52.9 Å². The van der Waals surface area contributed by atoms with Crippen LogP contribution >= 0.6 is 0 Å². The van der Waals surface area contributed by atoms with Crippen molar-refractivity contribution in [3.63, 3.8) is 0 Å². The largest absolute Gasteiger partial charge is 0.726 e. The molecule has 0 aliphatic carbocycles. The van der Waals surface area contributed by atoms with E-state index in [1.54, 1.807) is 0 Å². The third-order valence-electron chi connectivity index (χ3n) is 3.68. The topological polar surface area (TPSA) is 208 Å². The van der Waals surface area contributed by atoms with Crippen LogP contribution in [0.5, 0.6) is 0 Å². The van der Waals surface area contributed by atoms with Crippen molar-refractivity contribution in [2.45, 2.75) is 41.9 Å². The second kappa shape index (κ2) is 9.05. The van der Waals surface area contributed by atoms with Crippen molar-refractivity contribution in [1.82, 2.24) is 0 Å². The minimum absolute atomic E-state index is 0.0128. The van der Waals surface area contributed by atoms with E-state index in [0.29, 0.717) is 0 Å². The van der Waals surface area contributed by atoms with E-state index in [1.165, 1.54) is 0 Å². The molecular weight excluding hydrogens is 372 g/mol. The van der Waals surface area contributed by atoms with E-state index in [1.807, 2.05) is 0 Å². The molecule has 1 fully saturated rings. The molecule has 0 spiro atoms. The van der Waals surface area contributed by atoms with Gasteiger partial charge < -0.3 is 40.3 Å². The fraction of sp³-hybridized carbons (Fsp3) is 1.00. The third kappa shape index (κ3) is 5.74. The number of aliphatic hydroxyl groups is 7. The molecule has 24 heavy (non-hydrogen) atoms. The zero-order chi connectivity index (χ0) is 18.7. The fourth-order valence-electron chi connectivity index (χ4n) is 2.42. The van der Waals surface area contributed by atoms with Gasteiger partial charge in [0.25, 0.3) is 0 Å². The Morgan fingerprint density at radius 3 is 2.21 bits per heavy atom. The SMILES string of the molecule is O=S(=O)([O-])O[C@@H]([C@H](O)[C@@H](O)CO)[C@H](O)C[S+]1C[C@@H](O)[C@H](O)[C@H]1CO. The Kier molecular flexibility index (Phi) is 8.28. The molecule has 0 aromatic rings. The van der Waals surface area contributed by atoms with Crippen LogP contribution in [0.2, 0.25) is 0 Å². The second-order valence-corrected chi connectivity index (χ2v) is 8.78. The lowest BCUT2D eigenvalue weighted by atomic mass is 10.0. The number of rotatable bonds is 9. The molecule has 13 heteroatoms. The summed E-state index contributed by atoms with van der Waals surface area (Å²) in [4.78, 5) is 0. The smallest absolute Gasteiger partial charge is 0.218 e. The molecule has 1 unspecified atom stereocenters. The van der Waals surface area contributed by atoms with Gasteiger partial charge in [-0.15, -0.1) is 0 Å². The van der Waals surface area contributed by atoms with E-state index in [-0.39, 0.29) is 11.5 Å². The van der Waals surface area contributed by atoms with Gasteiger partial charge in [0.2, 0.25) is 10.4 Å². The van der Waals surface area contributed by atoms with Gasteiger partial charge in [0, 0.05) is 10.9 Å². The van der Waals surface area contributed by atoms with Crippen molar-refractivity contribution >= 4 is 21.3 Å². The molecule has 1 heterocycles. The molecule has 11 nitrogen and oxygen atoms in total. The van der Waals surface area contributed by atoms with Gasteiger partial charge in [0.1, 0.15) is 48.1 Å². The maximum Gasteiger partial charge on any atom is 0.218 e. The summed E-state index contributed by atoms with van der Waals surface area (Å²) in [7, 11) is -6.31. The lowest BCUT2D eigenvalue weighted by Gasteiger charge is -2.30. The second-order valence-electron chi connectivity index (χ2n) is 5.43. The van der Waals surface area contributed by atoms with E-state index < -0.39 is 76.4 Å². The molecule has 0 amide bonds. The maximum absolute atomic E-state index is 10.8. The fourth-order valence-corrected chi connectivity index (χ4v) is 5.61. The summed E-state index contributed by atoms with van der Waals surface area (Å²) < 4.78 is 36.4. The molecule has 0 saturated carbocycles. The molecule has 0 radical (unpaired) electrons. The van der Waals surface area contributed by atoms with Gasteiger partial charge in [-0.2, -0.15) is 0 Å². The Morgan fingerprint density at radius 2 is 1.75 bits per heavy atom. The first kappa shape index (κ1) is 22.0. The molecular formula is C11H22O11S2. The summed E-state index contributed by atoms with van der Waals surface area (Å²) in [6.45, 7) is -1.48. The van der Waals surface area contributed by atoms with Crippen molar-refractivity contribution in [3.8, 4) is 0 Å². The zero-order valence-corrected chi connectivity index (χ0v) is 14.1. The minimum Gasteiger partial charge on any atom is -0.726 e. The lowest BCUT2D eigenvalue weighted by molar-refractivity contribution is -0.100. The van der Waals surface area contributed by atoms with E-state index in [4.69, 9.17) is 5.11 Å². The van der Waals surface area contributed by atoms with Gasteiger partial charge in [-0.3, -0.25) is 4.18 Å². The molecule has 1 saturated heterocycles. The van der Waals surface area contributed by atoms with Crippen LogP contribution in [0.1, 0.15) is 0 Å². The van der Waals surface area contributed by atoms with E-state index in [0.717, 1.165) is 0 Å². The first-order chi connectivity index (χ1) is 11.0. The first-order valence-corrected chi connectivity index (χ1v) is 9.90. The highest BCUT2D eigenvalue weighted by atomic mass is 32.3. The highest BCUT2D eigenvalue weighted by molar-refractivity contribution is 7.97. The molecule has 8 atom stereocenters. The highest BCUT2D eigenvalue weighted by Crippen LogP contribution is 2.26. The Labute approximate surface area is 141 Å². The van der Waals surface area contributed by atoms with Gasteiger partial charge in [-0.05, 0) is 0 Å². The summed E-state index contributed by atoms with van der Waals surface area (Å²) in [5, 5.41) is 65.9. The van der Waals surface area contributed by atoms with E-state index in [9.17, 15) is 43.6 Å². The predicted molar refractivity (Wildman–Crippen MR) is 79.7 cm³/mol. The number of hydrogen-bond donors (Lipinski definition) is 7. The minimum atomic E-state index is -5.34. The van der Waals surface area contributed by atoms with Crippen LogP contribution in [0.15, 0.2) is 0 Å². The molecule has 0 aromatic heterocycles. The molecule has 1 aliphatic heterocycles. The van der Waals surface area contributed by atoms with Crippen LogP contribution in [0.3, 0.4) is 0 Å². The van der Waals surface area contributed by atoms with E-state index >= 15 is 0 Å². The normalized spacial score (nSPS) is 33.2. The Hall–Kier alpha value is -0.0600. The van der Waals surface area contributed by atoms with Crippen molar-refractivity contribution in [1.29, 1.82) is 0 Å². The molecule has 1 rings (SSSR count). The number of hydrogen-bond acceptors (Lipinski definition) is 11. The highest BCUT2D eigenvalue weighted by Gasteiger charge is 2.51. The summed E-state index contributed by atoms with van der Waals surface area (Å²) in [5.74, 6) is -0.298. The van der Waals surface area contributed by atoms with Crippen LogP contribution in [-0.4, -0.2) is 115 Å². The molecule has 1 aliphatic rings. The van der Waals surface area contributed by atoms with Crippen molar-refractivity contribution in [2.75, 3.05) is 24.7 Å². The van der Waals surface area contributed by atoms with Crippen molar-refractivity contribution in [3.05, 3.63) is 0 Å². The summed E-state index contributed by atoms with van der Waals surface area (Å²) in [5.41, 5.74) is 0. The van der Waals surface area contributed by atoms with Gasteiger partial charge in [-0.1, -0.05) is 0 Å². The quantitative estimate of drug-likeness (QED) is 0.111. The van der Waals surface area contributed by atoms with Gasteiger partial charge >= 0.3 is 0 Å². The van der Waals surface area contributed by atoms with Crippen LogP contribution in [0.25, 0.3) is 0 Å². The number of aliphatic hydroxyl groups excluding tert-OH is 7. The Balaban J connectivity index is 2.89. The summed E-state index contributed by atoms with van der Waals surface area (Å²) in [6, 6.07) is 0. The predicted octanol–water partition coefficient (Wildman–Crippen LogP) is -5.38. The monoisotopic (exact) mass is 394 g/mol. The Bertz CT molecular complexity index is 486. The first-order valence-electron chi connectivity index (χ1n) is 6.94. The standard InChI is InChI=1S/C11H22O11S2/c12-1-5(14)10(18)11(22-24(19,20)21)7(16)4-23-3-6(15)9(17)8(23)2-13/h5-18H,1-4H2/t5-,6+,7+,8+,9-,10+,11+,23?/m0/s1. The molecule has 0 aromatic carbocycles. The maximum atomic E-state index is 10.8. The van der Waals surface area contributed by atoms with Crippen LogP contribution in [0, 0.1) is 0 Å². The third-order valence-corrected chi connectivity index (χ3v) is 6.96. The van der Waals surface area contributed by atoms with Crippen LogP contribution in [0.4, 0.5) is 0 Å².